The fraction of sp³-hybridized carbons (Fsp3) is 0.211. The van der Waals surface area contributed by atoms with Gasteiger partial charge in [0.1, 0.15) is 0 Å². The summed E-state index contributed by atoms with van der Waals surface area (Å²) in [6.45, 7) is 6.30. The largest absolute Gasteiger partial charge is 0.198 e. The molecule has 0 aliphatic heterocycles. The van der Waals surface area contributed by atoms with Crippen molar-refractivity contribution in [2.75, 3.05) is 0 Å². The van der Waals surface area contributed by atoms with Gasteiger partial charge in [-0.15, -0.1) is 0 Å². The minimum absolute atomic E-state index is 0.457. The van der Waals surface area contributed by atoms with Gasteiger partial charge < -0.3 is 0 Å². The van der Waals surface area contributed by atoms with Crippen molar-refractivity contribution in [1.82, 2.24) is 0 Å². The molecule has 0 saturated heterocycles. The summed E-state index contributed by atoms with van der Waals surface area (Å²) in [4.78, 5) is 0. The molecule has 0 aliphatic carbocycles. The van der Waals surface area contributed by atoms with Crippen LogP contribution in [0.1, 0.15) is 28.7 Å². The van der Waals surface area contributed by atoms with Crippen LogP contribution in [-0.4, -0.2) is 0 Å². The molecule has 1 heteroatoms. The summed E-state index contributed by atoms with van der Waals surface area (Å²) in [6, 6.07) is 18.9. The first kappa shape index (κ1) is 14.1. The summed E-state index contributed by atoms with van der Waals surface area (Å²) in [7, 11) is 0. The number of rotatable bonds is 5. The SMILES string of the molecule is C=C(CCc1cccc(C)c1)c1cccc(CC#N)c1. The second-order valence-electron chi connectivity index (χ2n) is 5.13. The van der Waals surface area contributed by atoms with E-state index in [1.54, 1.807) is 0 Å². The molecule has 0 unspecified atom stereocenters. The van der Waals surface area contributed by atoms with Crippen molar-refractivity contribution in [3.63, 3.8) is 0 Å². The maximum Gasteiger partial charge on any atom is 0.0669 e. The van der Waals surface area contributed by atoms with Crippen LogP contribution in [-0.2, 0) is 12.8 Å². The smallest absolute Gasteiger partial charge is 0.0669 e. The zero-order chi connectivity index (χ0) is 14.4. The van der Waals surface area contributed by atoms with Gasteiger partial charge in [-0.2, -0.15) is 5.26 Å². The summed E-state index contributed by atoms with van der Waals surface area (Å²) in [5.41, 5.74) is 5.97. The monoisotopic (exact) mass is 261 g/mol. The third-order valence-electron chi connectivity index (χ3n) is 3.42. The Hall–Kier alpha value is -2.33. The van der Waals surface area contributed by atoms with Gasteiger partial charge in [-0.3, -0.25) is 0 Å². The zero-order valence-corrected chi connectivity index (χ0v) is 11.9. The van der Waals surface area contributed by atoms with E-state index in [0.29, 0.717) is 6.42 Å². The van der Waals surface area contributed by atoms with Crippen molar-refractivity contribution >= 4 is 5.57 Å². The lowest BCUT2D eigenvalue weighted by Gasteiger charge is -2.08. The Bertz CT molecular complexity index is 647. The molecule has 100 valence electrons. The Morgan fingerprint density at radius 1 is 1.10 bits per heavy atom. The van der Waals surface area contributed by atoms with E-state index in [0.717, 1.165) is 29.5 Å². The Morgan fingerprint density at radius 3 is 2.60 bits per heavy atom. The molecule has 2 aromatic carbocycles. The highest BCUT2D eigenvalue weighted by Gasteiger charge is 2.02. The van der Waals surface area contributed by atoms with Crippen LogP contribution in [0.15, 0.2) is 55.1 Å². The summed E-state index contributed by atoms with van der Waals surface area (Å²) >= 11 is 0. The van der Waals surface area contributed by atoms with Crippen molar-refractivity contribution < 1.29 is 0 Å². The van der Waals surface area contributed by atoms with Gasteiger partial charge in [-0.05, 0) is 42.0 Å². The van der Waals surface area contributed by atoms with Crippen LogP contribution in [0.4, 0.5) is 0 Å². The Labute approximate surface area is 121 Å². The van der Waals surface area contributed by atoms with Crippen LogP contribution in [0.2, 0.25) is 0 Å². The molecule has 2 aromatic rings. The molecule has 0 fully saturated rings. The minimum Gasteiger partial charge on any atom is -0.198 e. The standard InChI is InChI=1S/C19H19N/c1-15-5-3-6-17(13-15)10-9-16(2)19-8-4-7-18(14-19)11-12-20/h3-8,13-14H,2,9-11H2,1H3. The third kappa shape index (κ3) is 3.83. The molecule has 0 saturated carbocycles. The lowest BCUT2D eigenvalue weighted by Crippen LogP contribution is -1.91. The lowest BCUT2D eigenvalue weighted by molar-refractivity contribution is 1.01. The summed E-state index contributed by atoms with van der Waals surface area (Å²) in [6.07, 6.45) is 2.40. The molecule has 0 atom stereocenters. The fourth-order valence-electron chi connectivity index (χ4n) is 2.30. The number of allylic oxidation sites excluding steroid dienone is 1. The molecule has 0 spiro atoms. The van der Waals surface area contributed by atoms with E-state index in [4.69, 9.17) is 5.26 Å². The van der Waals surface area contributed by atoms with E-state index in [-0.39, 0.29) is 0 Å². The highest BCUT2D eigenvalue weighted by atomic mass is 14.2. The molecule has 2 rings (SSSR count). The van der Waals surface area contributed by atoms with E-state index in [9.17, 15) is 0 Å². The van der Waals surface area contributed by atoms with E-state index in [1.807, 2.05) is 12.1 Å². The van der Waals surface area contributed by atoms with Gasteiger partial charge in [-0.1, -0.05) is 60.7 Å². The lowest BCUT2D eigenvalue weighted by atomic mass is 9.97. The molecule has 1 nitrogen and oxygen atoms in total. The van der Waals surface area contributed by atoms with E-state index in [2.05, 4.69) is 56.0 Å². The summed E-state index contributed by atoms with van der Waals surface area (Å²) < 4.78 is 0. The quantitative estimate of drug-likeness (QED) is 0.764. The molecular formula is C19H19N. The van der Waals surface area contributed by atoms with E-state index in [1.165, 1.54) is 11.1 Å². The Kier molecular flexibility index (Phi) is 4.74. The van der Waals surface area contributed by atoms with Gasteiger partial charge in [0.15, 0.2) is 0 Å². The minimum atomic E-state index is 0.457. The predicted molar refractivity (Wildman–Crippen MR) is 84.3 cm³/mol. The number of nitrogens with zero attached hydrogens (tertiary/aromatic N) is 1. The van der Waals surface area contributed by atoms with Crippen molar-refractivity contribution in [1.29, 1.82) is 5.26 Å². The third-order valence-corrected chi connectivity index (χ3v) is 3.42. The van der Waals surface area contributed by atoms with Crippen LogP contribution in [0, 0.1) is 18.3 Å². The molecule has 0 N–H and O–H groups in total. The molecule has 0 aromatic heterocycles. The van der Waals surface area contributed by atoms with Crippen LogP contribution < -0.4 is 0 Å². The fourth-order valence-corrected chi connectivity index (χ4v) is 2.30. The Morgan fingerprint density at radius 2 is 1.85 bits per heavy atom. The average Bonchev–Trinajstić information content (AvgIpc) is 2.45. The van der Waals surface area contributed by atoms with Crippen LogP contribution in [0.5, 0.6) is 0 Å². The second-order valence-corrected chi connectivity index (χ2v) is 5.13. The summed E-state index contributed by atoms with van der Waals surface area (Å²) in [5.74, 6) is 0. The van der Waals surface area contributed by atoms with E-state index < -0.39 is 0 Å². The molecule has 0 bridgehead atoms. The van der Waals surface area contributed by atoms with Gasteiger partial charge in [-0.25, -0.2) is 0 Å². The van der Waals surface area contributed by atoms with Gasteiger partial charge in [0, 0.05) is 0 Å². The van der Waals surface area contributed by atoms with Crippen molar-refractivity contribution in [3.05, 3.63) is 77.4 Å². The molecule has 0 heterocycles. The topological polar surface area (TPSA) is 23.8 Å². The van der Waals surface area contributed by atoms with Crippen LogP contribution in [0.3, 0.4) is 0 Å². The second kappa shape index (κ2) is 6.73. The van der Waals surface area contributed by atoms with Crippen LogP contribution in [0.25, 0.3) is 5.57 Å². The number of aryl methyl sites for hydroxylation is 2. The maximum absolute atomic E-state index is 8.75. The molecule has 0 amide bonds. The summed E-state index contributed by atoms with van der Waals surface area (Å²) in [5, 5.41) is 8.75. The highest BCUT2D eigenvalue weighted by Crippen LogP contribution is 2.20. The molecule has 0 radical (unpaired) electrons. The number of benzene rings is 2. The van der Waals surface area contributed by atoms with Gasteiger partial charge >= 0.3 is 0 Å². The normalized spacial score (nSPS) is 10.0. The van der Waals surface area contributed by atoms with E-state index >= 15 is 0 Å². The first-order valence-corrected chi connectivity index (χ1v) is 6.88. The van der Waals surface area contributed by atoms with Gasteiger partial charge in [0.25, 0.3) is 0 Å². The predicted octanol–water partition coefficient (Wildman–Crippen LogP) is 4.71. The average molecular weight is 261 g/mol. The zero-order valence-electron chi connectivity index (χ0n) is 11.9. The highest BCUT2D eigenvalue weighted by molar-refractivity contribution is 5.64. The van der Waals surface area contributed by atoms with Crippen molar-refractivity contribution in [3.8, 4) is 6.07 Å². The van der Waals surface area contributed by atoms with Gasteiger partial charge in [0.2, 0.25) is 0 Å². The molecular weight excluding hydrogens is 242 g/mol. The van der Waals surface area contributed by atoms with Gasteiger partial charge in [0.05, 0.1) is 12.5 Å². The Balaban J connectivity index is 2.01. The number of hydrogen-bond donors (Lipinski definition) is 0. The maximum atomic E-state index is 8.75. The molecule has 0 aliphatic rings. The first-order valence-electron chi connectivity index (χ1n) is 6.88. The van der Waals surface area contributed by atoms with Crippen molar-refractivity contribution in [2.24, 2.45) is 0 Å². The number of nitriles is 1. The number of hydrogen-bond acceptors (Lipinski definition) is 1. The first-order chi connectivity index (χ1) is 9.69. The molecule has 20 heavy (non-hydrogen) atoms. The van der Waals surface area contributed by atoms with Crippen molar-refractivity contribution in [2.45, 2.75) is 26.2 Å². The van der Waals surface area contributed by atoms with Crippen LogP contribution >= 0.6 is 0 Å².